The topological polar surface area (TPSA) is 63.4 Å². The lowest BCUT2D eigenvalue weighted by molar-refractivity contribution is -0.384. The first-order valence-corrected chi connectivity index (χ1v) is 8.41. The molecular weight excluding hydrogens is 359 g/mol. The van der Waals surface area contributed by atoms with Crippen molar-refractivity contribution >= 4 is 52.2 Å². The zero-order valence-corrected chi connectivity index (χ0v) is 13.9. The number of rotatable bonds is 3. The van der Waals surface area contributed by atoms with Gasteiger partial charge in [-0.1, -0.05) is 35.3 Å². The maximum Gasteiger partial charge on any atom is 0.269 e. The van der Waals surface area contributed by atoms with Crippen LogP contribution in [-0.4, -0.2) is 16.6 Å². The number of amides is 1. The fourth-order valence-corrected chi connectivity index (χ4v) is 3.84. The van der Waals surface area contributed by atoms with Gasteiger partial charge in [-0.2, -0.15) is 0 Å². The van der Waals surface area contributed by atoms with Gasteiger partial charge in [0.1, 0.15) is 5.37 Å². The van der Waals surface area contributed by atoms with Gasteiger partial charge in [0.2, 0.25) is 5.91 Å². The van der Waals surface area contributed by atoms with Gasteiger partial charge >= 0.3 is 0 Å². The largest absolute Gasteiger partial charge is 0.295 e. The number of nitrogens with zero attached hydrogens (tertiary/aromatic N) is 2. The van der Waals surface area contributed by atoms with Crippen molar-refractivity contribution in [2.45, 2.75) is 5.37 Å². The van der Waals surface area contributed by atoms with E-state index in [4.69, 9.17) is 23.2 Å². The predicted molar refractivity (Wildman–Crippen MR) is 92.2 cm³/mol. The first kappa shape index (κ1) is 16.1. The van der Waals surface area contributed by atoms with Crippen molar-refractivity contribution < 1.29 is 9.72 Å². The fourth-order valence-electron chi connectivity index (χ4n) is 2.38. The van der Waals surface area contributed by atoms with Crippen LogP contribution in [0.2, 0.25) is 10.0 Å². The van der Waals surface area contributed by atoms with E-state index in [0.29, 0.717) is 27.0 Å². The van der Waals surface area contributed by atoms with Gasteiger partial charge in [0.25, 0.3) is 5.69 Å². The van der Waals surface area contributed by atoms with Gasteiger partial charge in [0.05, 0.1) is 20.7 Å². The molecule has 5 nitrogen and oxygen atoms in total. The molecular formula is C15H10Cl2N2O3S. The summed E-state index contributed by atoms with van der Waals surface area (Å²) in [7, 11) is 0. The maximum atomic E-state index is 12.3. The highest BCUT2D eigenvalue weighted by molar-refractivity contribution is 8.00. The zero-order chi connectivity index (χ0) is 16.6. The molecule has 23 heavy (non-hydrogen) atoms. The normalized spacial score (nSPS) is 17.6. The second-order valence-corrected chi connectivity index (χ2v) is 6.76. The summed E-state index contributed by atoms with van der Waals surface area (Å²) in [5.41, 5.74) is 1.31. The molecule has 0 aliphatic carbocycles. The number of carbonyl (C=O) groups is 1. The van der Waals surface area contributed by atoms with Crippen LogP contribution in [0.1, 0.15) is 10.9 Å². The number of benzene rings is 2. The highest BCUT2D eigenvalue weighted by atomic mass is 35.5. The van der Waals surface area contributed by atoms with Gasteiger partial charge < -0.3 is 0 Å². The van der Waals surface area contributed by atoms with Crippen molar-refractivity contribution in [1.29, 1.82) is 0 Å². The van der Waals surface area contributed by atoms with Crippen LogP contribution in [0.25, 0.3) is 0 Å². The van der Waals surface area contributed by atoms with E-state index in [1.165, 1.54) is 23.9 Å². The lowest BCUT2D eigenvalue weighted by Gasteiger charge is -2.24. The molecule has 0 unspecified atom stereocenters. The second-order valence-electron chi connectivity index (χ2n) is 4.88. The van der Waals surface area contributed by atoms with Crippen LogP contribution in [-0.2, 0) is 4.79 Å². The van der Waals surface area contributed by atoms with E-state index in [-0.39, 0.29) is 17.0 Å². The number of hydrogen-bond acceptors (Lipinski definition) is 4. The molecule has 8 heteroatoms. The summed E-state index contributed by atoms with van der Waals surface area (Å²) >= 11 is 13.4. The first-order valence-electron chi connectivity index (χ1n) is 6.60. The molecule has 0 radical (unpaired) electrons. The number of anilines is 1. The summed E-state index contributed by atoms with van der Waals surface area (Å²) in [6.45, 7) is 0. The van der Waals surface area contributed by atoms with E-state index in [1.807, 2.05) is 0 Å². The Morgan fingerprint density at radius 2 is 1.96 bits per heavy atom. The molecule has 118 valence electrons. The zero-order valence-electron chi connectivity index (χ0n) is 11.6. The molecule has 1 aliphatic rings. The van der Waals surface area contributed by atoms with E-state index in [1.54, 1.807) is 35.2 Å². The van der Waals surface area contributed by atoms with Gasteiger partial charge in [-0.25, -0.2) is 0 Å². The quantitative estimate of drug-likeness (QED) is 0.582. The van der Waals surface area contributed by atoms with Crippen LogP contribution in [0.5, 0.6) is 0 Å². The summed E-state index contributed by atoms with van der Waals surface area (Å²) in [5, 5.41) is 11.4. The Morgan fingerprint density at radius 1 is 1.17 bits per heavy atom. The van der Waals surface area contributed by atoms with E-state index in [0.717, 1.165) is 0 Å². The molecule has 0 saturated carbocycles. The third-order valence-electron chi connectivity index (χ3n) is 3.42. The minimum absolute atomic E-state index is 0.00321. The van der Waals surface area contributed by atoms with Crippen LogP contribution in [0, 0.1) is 10.1 Å². The van der Waals surface area contributed by atoms with Crippen LogP contribution >= 0.6 is 35.0 Å². The Balaban J connectivity index is 2.01. The van der Waals surface area contributed by atoms with Crippen molar-refractivity contribution in [3.05, 3.63) is 68.2 Å². The van der Waals surface area contributed by atoms with E-state index in [2.05, 4.69) is 0 Å². The number of halogens is 2. The second kappa shape index (κ2) is 6.39. The van der Waals surface area contributed by atoms with Crippen LogP contribution in [0.15, 0.2) is 42.5 Å². The Kier molecular flexibility index (Phi) is 4.48. The summed E-state index contributed by atoms with van der Waals surface area (Å²) in [4.78, 5) is 24.4. The van der Waals surface area contributed by atoms with Crippen molar-refractivity contribution in [2.24, 2.45) is 0 Å². The summed E-state index contributed by atoms with van der Waals surface area (Å²) < 4.78 is 0. The molecule has 0 bridgehead atoms. The molecule has 1 saturated heterocycles. The molecule has 0 aromatic heterocycles. The Morgan fingerprint density at radius 3 is 2.65 bits per heavy atom. The minimum Gasteiger partial charge on any atom is -0.295 e. The molecule has 1 atom stereocenters. The summed E-state index contributed by atoms with van der Waals surface area (Å²) in [6.07, 6.45) is 0. The van der Waals surface area contributed by atoms with Gasteiger partial charge in [-0.05, 0) is 23.8 Å². The number of nitro groups is 1. The SMILES string of the molecule is O=C1CS[C@@H](c2cccc([N+](=O)[O-])c2)N1c1ccc(Cl)c(Cl)c1. The van der Waals surface area contributed by atoms with Crippen molar-refractivity contribution in [1.82, 2.24) is 0 Å². The van der Waals surface area contributed by atoms with E-state index in [9.17, 15) is 14.9 Å². The van der Waals surface area contributed by atoms with Gasteiger partial charge in [-0.3, -0.25) is 19.8 Å². The van der Waals surface area contributed by atoms with Crippen molar-refractivity contribution in [2.75, 3.05) is 10.7 Å². The third-order valence-corrected chi connectivity index (χ3v) is 5.37. The predicted octanol–water partition coefficient (Wildman–Crippen LogP) is 4.68. The maximum absolute atomic E-state index is 12.3. The fraction of sp³-hybridized carbons (Fsp3) is 0.133. The third kappa shape index (κ3) is 3.15. The summed E-state index contributed by atoms with van der Waals surface area (Å²) in [5.74, 6) is 0.220. The van der Waals surface area contributed by atoms with Crippen molar-refractivity contribution in [3.8, 4) is 0 Å². The highest BCUT2D eigenvalue weighted by Gasteiger charge is 2.34. The Hall–Kier alpha value is -1.76. The number of hydrogen-bond donors (Lipinski definition) is 0. The smallest absolute Gasteiger partial charge is 0.269 e. The standard InChI is InChI=1S/C15H10Cl2N2O3S/c16-12-5-4-10(7-13(12)17)18-14(20)8-23-15(18)9-2-1-3-11(6-9)19(21)22/h1-7,15H,8H2/t15-/m0/s1. The molecule has 1 heterocycles. The molecule has 1 aliphatic heterocycles. The van der Waals surface area contributed by atoms with E-state index < -0.39 is 4.92 Å². The van der Waals surface area contributed by atoms with Crippen LogP contribution in [0.4, 0.5) is 11.4 Å². The average molecular weight is 369 g/mol. The summed E-state index contributed by atoms with van der Waals surface area (Å²) in [6, 6.07) is 11.3. The molecule has 2 aromatic carbocycles. The Labute approximate surface area is 146 Å². The van der Waals surface area contributed by atoms with Gasteiger partial charge in [0.15, 0.2) is 0 Å². The molecule has 0 spiro atoms. The molecule has 3 rings (SSSR count). The van der Waals surface area contributed by atoms with Crippen LogP contribution < -0.4 is 4.90 Å². The Bertz CT molecular complexity index is 800. The molecule has 1 amide bonds. The molecule has 2 aromatic rings. The number of non-ortho nitro benzene ring substituents is 1. The van der Waals surface area contributed by atoms with Gasteiger partial charge in [0, 0.05) is 17.8 Å². The minimum atomic E-state index is -0.450. The number of thioether (sulfide) groups is 1. The number of nitro benzene ring substituents is 1. The highest BCUT2D eigenvalue weighted by Crippen LogP contribution is 2.43. The lowest BCUT2D eigenvalue weighted by Crippen LogP contribution is -2.27. The first-order chi connectivity index (χ1) is 11.0. The van der Waals surface area contributed by atoms with Crippen molar-refractivity contribution in [3.63, 3.8) is 0 Å². The monoisotopic (exact) mass is 368 g/mol. The molecule has 0 N–H and O–H groups in total. The van der Waals surface area contributed by atoms with Gasteiger partial charge in [-0.15, -0.1) is 11.8 Å². The van der Waals surface area contributed by atoms with E-state index >= 15 is 0 Å². The van der Waals surface area contributed by atoms with Crippen LogP contribution in [0.3, 0.4) is 0 Å². The average Bonchev–Trinajstić information content (AvgIpc) is 2.92. The number of carbonyl (C=O) groups excluding carboxylic acids is 1. The lowest BCUT2D eigenvalue weighted by atomic mass is 10.1. The molecule has 1 fully saturated rings.